The van der Waals surface area contributed by atoms with E-state index in [9.17, 15) is 0 Å². The number of allylic oxidation sites excluding steroid dienone is 2. The quantitative estimate of drug-likeness (QED) is 0.365. The molecular weight excluding hydrogens is 164 g/mol. The lowest BCUT2D eigenvalue weighted by Crippen LogP contribution is -2.08. The second-order valence-electron chi connectivity index (χ2n) is 4.18. The Morgan fingerprint density at radius 1 is 1.42 bits per heavy atom. The van der Waals surface area contributed by atoms with Gasteiger partial charge >= 0.3 is 0 Å². The zero-order valence-electron chi connectivity index (χ0n) is 7.83. The van der Waals surface area contributed by atoms with Gasteiger partial charge in [0.25, 0.3) is 0 Å². The average molecular weight is 182 g/mol. The lowest BCUT2D eigenvalue weighted by Gasteiger charge is -2.16. The van der Waals surface area contributed by atoms with Crippen molar-refractivity contribution in [2.24, 2.45) is 17.8 Å². The minimum Gasteiger partial charge on any atom is -0.427 e. The summed E-state index contributed by atoms with van der Waals surface area (Å²) in [4.78, 5) is 0. The van der Waals surface area contributed by atoms with E-state index in [0.717, 1.165) is 17.8 Å². The van der Waals surface area contributed by atoms with Gasteiger partial charge in [0.2, 0.25) is 0 Å². The zero-order chi connectivity index (χ0) is 8.39. The van der Waals surface area contributed by atoms with Crippen molar-refractivity contribution < 1.29 is 4.43 Å². The first kappa shape index (κ1) is 8.51. The molecule has 0 aromatic rings. The minimum absolute atomic E-state index is 0.152. The molecule has 0 amide bonds. The van der Waals surface area contributed by atoms with Gasteiger partial charge in [-0.2, -0.15) is 0 Å². The predicted molar refractivity (Wildman–Crippen MR) is 53.8 cm³/mol. The van der Waals surface area contributed by atoms with E-state index in [1.165, 1.54) is 25.3 Å². The van der Waals surface area contributed by atoms with Gasteiger partial charge in [-0.15, -0.1) is 0 Å². The molecule has 2 rings (SSSR count). The first-order valence-corrected chi connectivity index (χ1v) is 6.65. The predicted octanol–water partition coefficient (Wildman–Crippen LogP) is 1.74. The van der Waals surface area contributed by atoms with E-state index in [0.29, 0.717) is 0 Å². The highest BCUT2D eigenvalue weighted by atomic mass is 28.2. The normalized spacial score (nSPS) is 38.9. The van der Waals surface area contributed by atoms with Gasteiger partial charge in [0.15, 0.2) is 9.76 Å². The Hall–Kier alpha value is -0.0831. The van der Waals surface area contributed by atoms with Crippen LogP contribution in [0.15, 0.2) is 12.2 Å². The molecule has 2 heteroatoms. The fraction of sp³-hybridized carbons (Fsp3) is 0.800. The summed E-state index contributed by atoms with van der Waals surface area (Å²) < 4.78 is 5.20. The number of fused-ring (bicyclic) bond motifs is 2. The first-order valence-electron chi connectivity index (χ1n) is 5.07. The molecule has 3 atom stereocenters. The molecule has 0 aromatic carbocycles. The topological polar surface area (TPSA) is 9.23 Å². The van der Waals surface area contributed by atoms with Crippen LogP contribution in [0.25, 0.3) is 0 Å². The molecule has 0 heterocycles. The fourth-order valence-corrected chi connectivity index (χ4v) is 3.70. The Morgan fingerprint density at radius 2 is 2.33 bits per heavy atom. The zero-order valence-corrected chi connectivity index (χ0v) is 9.24. The van der Waals surface area contributed by atoms with Crippen LogP contribution in [0.3, 0.4) is 0 Å². The molecule has 2 aliphatic carbocycles. The van der Waals surface area contributed by atoms with Crippen molar-refractivity contribution in [1.82, 2.24) is 0 Å². The van der Waals surface area contributed by atoms with E-state index >= 15 is 0 Å². The molecule has 1 nitrogen and oxygen atoms in total. The molecule has 1 fully saturated rings. The largest absolute Gasteiger partial charge is 0.427 e. The molecule has 0 saturated heterocycles. The number of hydrogen-bond acceptors (Lipinski definition) is 1. The molecule has 12 heavy (non-hydrogen) atoms. The van der Waals surface area contributed by atoms with Crippen LogP contribution >= 0.6 is 0 Å². The monoisotopic (exact) mass is 182 g/mol. The minimum atomic E-state index is -0.152. The molecule has 2 bridgehead atoms. The van der Waals surface area contributed by atoms with Crippen molar-refractivity contribution in [2.45, 2.75) is 25.3 Å². The van der Waals surface area contributed by atoms with Crippen molar-refractivity contribution in [3.05, 3.63) is 12.2 Å². The summed E-state index contributed by atoms with van der Waals surface area (Å²) in [7, 11) is 1.70. The van der Waals surface area contributed by atoms with Crippen molar-refractivity contribution in [3.8, 4) is 0 Å². The van der Waals surface area contributed by atoms with Crippen molar-refractivity contribution in [3.63, 3.8) is 0 Å². The standard InChI is InChI=1S/C10H18OSi/c1-11-12-5-4-10-7-8-2-3-9(10)6-8/h2-3,8-10H,4-7,12H2,1H3. The molecule has 2 aliphatic rings. The van der Waals surface area contributed by atoms with E-state index in [-0.39, 0.29) is 9.76 Å². The van der Waals surface area contributed by atoms with Crippen LogP contribution in [0.2, 0.25) is 6.04 Å². The van der Waals surface area contributed by atoms with E-state index < -0.39 is 0 Å². The molecule has 0 aromatic heterocycles. The fourth-order valence-electron chi connectivity index (χ4n) is 2.72. The van der Waals surface area contributed by atoms with Crippen molar-refractivity contribution in [2.75, 3.05) is 7.11 Å². The number of hydrogen-bond donors (Lipinski definition) is 0. The summed E-state index contributed by atoms with van der Waals surface area (Å²) in [5.74, 6) is 2.91. The highest BCUT2D eigenvalue weighted by Crippen LogP contribution is 2.45. The molecule has 0 radical (unpaired) electrons. The maximum atomic E-state index is 5.20. The summed E-state index contributed by atoms with van der Waals surface area (Å²) in [6.07, 6.45) is 9.24. The Bertz CT molecular complexity index is 179. The second kappa shape index (κ2) is 3.75. The molecule has 0 spiro atoms. The second-order valence-corrected chi connectivity index (χ2v) is 5.87. The lowest BCUT2D eigenvalue weighted by atomic mass is 9.91. The SMILES string of the molecule is CO[SiH2]CCC1CC2C=CC1C2. The van der Waals surface area contributed by atoms with Crippen LogP contribution in [-0.2, 0) is 4.43 Å². The third-order valence-corrected chi connectivity index (χ3v) is 4.44. The highest BCUT2D eigenvalue weighted by molar-refractivity contribution is 6.26. The van der Waals surface area contributed by atoms with Crippen LogP contribution in [0, 0.1) is 17.8 Å². The first-order chi connectivity index (χ1) is 5.90. The van der Waals surface area contributed by atoms with E-state index in [1.54, 1.807) is 0 Å². The average Bonchev–Trinajstić information content (AvgIpc) is 2.65. The molecule has 68 valence electrons. The van der Waals surface area contributed by atoms with Crippen LogP contribution < -0.4 is 0 Å². The Balaban J connectivity index is 1.73. The van der Waals surface area contributed by atoms with Gasteiger partial charge in [0.05, 0.1) is 0 Å². The third kappa shape index (κ3) is 1.64. The van der Waals surface area contributed by atoms with E-state index in [1.807, 2.05) is 7.11 Å². The van der Waals surface area contributed by atoms with Crippen LogP contribution in [0.4, 0.5) is 0 Å². The van der Waals surface area contributed by atoms with Crippen molar-refractivity contribution >= 4 is 9.76 Å². The third-order valence-electron chi connectivity index (χ3n) is 3.34. The Labute approximate surface area is 77.1 Å². The van der Waals surface area contributed by atoms with Gasteiger partial charge in [0, 0.05) is 7.11 Å². The molecular formula is C10H18OSi. The van der Waals surface area contributed by atoms with Crippen LogP contribution in [0.1, 0.15) is 19.3 Å². The maximum absolute atomic E-state index is 5.20. The number of rotatable bonds is 4. The van der Waals surface area contributed by atoms with E-state index in [4.69, 9.17) is 4.43 Å². The maximum Gasteiger partial charge on any atom is 0.161 e. The van der Waals surface area contributed by atoms with Gasteiger partial charge in [-0.05, 0) is 36.6 Å². The van der Waals surface area contributed by atoms with E-state index in [2.05, 4.69) is 12.2 Å². The van der Waals surface area contributed by atoms with Gasteiger partial charge < -0.3 is 4.43 Å². The summed E-state index contributed by atoms with van der Waals surface area (Å²) in [5, 5.41) is 0. The van der Waals surface area contributed by atoms with Crippen molar-refractivity contribution in [1.29, 1.82) is 0 Å². The van der Waals surface area contributed by atoms with Crippen LogP contribution in [-0.4, -0.2) is 16.9 Å². The summed E-state index contributed by atoms with van der Waals surface area (Å²) in [6, 6.07) is 1.39. The molecule has 1 saturated carbocycles. The van der Waals surface area contributed by atoms with Gasteiger partial charge in [-0.25, -0.2) is 0 Å². The van der Waals surface area contributed by atoms with Gasteiger partial charge in [-0.1, -0.05) is 18.6 Å². The smallest absolute Gasteiger partial charge is 0.161 e. The summed E-state index contributed by atoms with van der Waals surface area (Å²) >= 11 is 0. The lowest BCUT2D eigenvalue weighted by molar-refractivity contribution is 0.407. The van der Waals surface area contributed by atoms with Gasteiger partial charge in [-0.3, -0.25) is 0 Å². The summed E-state index contributed by atoms with van der Waals surface area (Å²) in [5.41, 5.74) is 0. The van der Waals surface area contributed by atoms with Crippen LogP contribution in [0.5, 0.6) is 0 Å². The highest BCUT2D eigenvalue weighted by Gasteiger charge is 2.34. The Kier molecular flexibility index (Phi) is 2.66. The molecule has 0 N–H and O–H groups in total. The van der Waals surface area contributed by atoms with Gasteiger partial charge in [0.1, 0.15) is 0 Å². The molecule has 3 unspecified atom stereocenters. The summed E-state index contributed by atoms with van der Waals surface area (Å²) in [6.45, 7) is 0. The Morgan fingerprint density at radius 3 is 2.92 bits per heavy atom. The molecule has 0 aliphatic heterocycles.